The van der Waals surface area contributed by atoms with E-state index >= 15 is 0 Å². The van der Waals surface area contributed by atoms with E-state index in [1.54, 1.807) is 7.11 Å². The van der Waals surface area contributed by atoms with Crippen LogP contribution in [-0.4, -0.2) is 41.9 Å². The van der Waals surface area contributed by atoms with Crippen molar-refractivity contribution in [1.29, 1.82) is 0 Å². The number of hydrogen-bond acceptors (Lipinski definition) is 3. The maximum absolute atomic E-state index is 11.8. The Balaban J connectivity index is 1.85. The molecule has 0 aromatic rings. The molecule has 6 nitrogen and oxygen atoms in total. The highest BCUT2D eigenvalue weighted by atomic mass is 16.5. The van der Waals surface area contributed by atoms with Crippen LogP contribution in [0.2, 0.25) is 0 Å². The zero-order chi connectivity index (χ0) is 13.6. The van der Waals surface area contributed by atoms with Crippen LogP contribution in [0.5, 0.6) is 0 Å². The van der Waals surface area contributed by atoms with Crippen LogP contribution in [0.25, 0.3) is 0 Å². The van der Waals surface area contributed by atoms with Crippen LogP contribution in [0.15, 0.2) is 0 Å². The highest BCUT2D eigenvalue weighted by molar-refractivity contribution is 5.89. The van der Waals surface area contributed by atoms with E-state index in [-0.39, 0.29) is 17.6 Å². The number of methoxy groups -OCH3 is 1. The van der Waals surface area contributed by atoms with Gasteiger partial charge in [-0.25, -0.2) is 9.59 Å². The van der Waals surface area contributed by atoms with E-state index in [9.17, 15) is 9.59 Å². The molecule has 2 aliphatic rings. The Hall–Kier alpha value is -1.30. The summed E-state index contributed by atoms with van der Waals surface area (Å²) >= 11 is 0. The van der Waals surface area contributed by atoms with E-state index in [2.05, 4.69) is 10.6 Å². The van der Waals surface area contributed by atoms with Gasteiger partial charge in [0, 0.05) is 18.6 Å². The van der Waals surface area contributed by atoms with Gasteiger partial charge in [0.2, 0.25) is 0 Å². The Morgan fingerprint density at radius 3 is 2.33 bits per heavy atom. The molecule has 0 aromatic carbocycles. The van der Waals surface area contributed by atoms with Gasteiger partial charge >= 0.3 is 12.0 Å². The molecular weight excluding hydrogens is 236 g/mol. The van der Waals surface area contributed by atoms with E-state index in [0.29, 0.717) is 12.8 Å². The standard InChI is InChI=1S/C12H20N2O4/c1-11(2)7(6-8(11)18-3)13-10(17)14-12(4-5-12)9(15)16/h7-8H,4-6H2,1-3H3,(H,15,16)(H2,13,14,17). The number of carbonyl (C=O) groups excluding carboxylic acids is 1. The summed E-state index contributed by atoms with van der Waals surface area (Å²) < 4.78 is 5.30. The largest absolute Gasteiger partial charge is 0.480 e. The van der Waals surface area contributed by atoms with E-state index in [0.717, 1.165) is 6.42 Å². The van der Waals surface area contributed by atoms with Gasteiger partial charge in [0.1, 0.15) is 5.54 Å². The van der Waals surface area contributed by atoms with Crippen LogP contribution in [0, 0.1) is 5.41 Å². The molecule has 102 valence electrons. The summed E-state index contributed by atoms with van der Waals surface area (Å²) in [6, 6.07) is -0.380. The number of amides is 2. The SMILES string of the molecule is COC1CC(NC(=O)NC2(C(=O)O)CC2)C1(C)C. The molecular formula is C12H20N2O4. The molecule has 6 heteroatoms. The molecule has 2 atom stereocenters. The molecule has 2 saturated carbocycles. The number of aliphatic carboxylic acids is 1. The molecule has 0 spiro atoms. The molecule has 0 bridgehead atoms. The van der Waals surface area contributed by atoms with Crippen molar-refractivity contribution in [1.82, 2.24) is 10.6 Å². The zero-order valence-electron chi connectivity index (χ0n) is 10.9. The number of carboxylic acids is 1. The van der Waals surface area contributed by atoms with Crippen molar-refractivity contribution in [2.24, 2.45) is 5.41 Å². The average Bonchev–Trinajstić information content (AvgIpc) is 3.04. The van der Waals surface area contributed by atoms with Gasteiger partial charge in [0.15, 0.2) is 0 Å². The van der Waals surface area contributed by atoms with E-state index < -0.39 is 17.5 Å². The molecule has 2 aliphatic carbocycles. The third kappa shape index (κ3) is 2.05. The highest BCUT2D eigenvalue weighted by Gasteiger charge is 2.53. The molecule has 2 rings (SSSR count). The number of ether oxygens (including phenoxy) is 1. The predicted molar refractivity (Wildman–Crippen MR) is 64.3 cm³/mol. The number of rotatable bonds is 4. The summed E-state index contributed by atoms with van der Waals surface area (Å²) in [5.74, 6) is -0.958. The van der Waals surface area contributed by atoms with Gasteiger partial charge in [-0.05, 0) is 19.3 Å². The van der Waals surface area contributed by atoms with E-state index in [1.807, 2.05) is 13.8 Å². The third-order valence-electron chi connectivity index (χ3n) is 4.28. The predicted octanol–water partition coefficient (Wildman–Crippen LogP) is 0.716. The second kappa shape index (κ2) is 4.12. The van der Waals surface area contributed by atoms with Crippen molar-refractivity contribution < 1.29 is 19.4 Å². The van der Waals surface area contributed by atoms with Gasteiger partial charge in [-0.2, -0.15) is 0 Å². The Kier molecular flexibility index (Phi) is 3.01. The summed E-state index contributed by atoms with van der Waals surface area (Å²) in [7, 11) is 1.66. The van der Waals surface area contributed by atoms with Crippen LogP contribution >= 0.6 is 0 Å². The number of urea groups is 1. The minimum Gasteiger partial charge on any atom is -0.480 e. The topological polar surface area (TPSA) is 87.7 Å². The Bertz CT molecular complexity index is 376. The highest BCUT2D eigenvalue weighted by Crippen LogP contribution is 2.42. The fraction of sp³-hybridized carbons (Fsp3) is 0.833. The molecule has 3 N–H and O–H groups in total. The van der Waals surface area contributed by atoms with Crippen molar-refractivity contribution in [3.63, 3.8) is 0 Å². The second-order valence-corrected chi connectivity index (χ2v) is 5.82. The quantitative estimate of drug-likeness (QED) is 0.691. The smallest absolute Gasteiger partial charge is 0.329 e. The van der Waals surface area contributed by atoms with Crippen LogP contribution in [0.3, 0.4) is 0 Å². The van der Waals surface area contributed by atoms with Crippen molar-refractivity contribution in [3.8, 4) is 0 Å². The van der Waals surface area contributed by atoms with Crippen LogP contribution < -0.4 is 10.6 Å². The summed E-state index contributed by atoms with van der Waals surface area (Å²) in [6.07, 6.45) is 1.91. The number of carbonyl (C=O) groups is 2. The van der Waals surface area contributed by atoms with Crippen molar-refractivity contribution in [2.45, 2.75) is 50.8 Å². The summed E-state index contributed by atoms with van der Waals surface area (Å²) in [5, 5.41) is 14.4. The minimum atomic E-state index is -1.03. The molecule has 0 radical (unpaired) electrons. The molecule has 0 aromatic heterocycles. The molecule has 2 fully saturated rings. The maximum Gasteiger partial charge on any atom is 0.329 e. The average molecular weight is 256 g/mol. The van der Waals surface area contributed by atoms with Crippen LogP contribution in [-0.2, 0) is 9.53 Å². The van der Waals surface area contributed by atoms with Gasteiger partial charge < -0.3 is 20.5 Å². The lowest BCUT2D eigenvalue weighted by atomic mass is 9.64. The Labute approximate surface area is 106 Å². The fourth-order valence-corrected chi connectivity index (χ4v) is 2.46. The summed E-state index contributed by atoms with van der Waals surface area (Å²) in [5.41, 5.74) is -1.15. The van der Waals surface area contributed by atoms with Gasteiger partial charge in [-0.3, -0.25) is 0 Å². The first-order chi connectivity index (χ1) is 8.32. The van der Waals surface area contributed by atoms with Crippen LogP contribution in [0.4, 0.5) is 4.79 Å². The van der Waals surface area contributed by atoms with Gasteiger partial charge in [-0.15, -0.1) is 0 Å². The van der Waals surface area contributed by atoms with Crippen molar-refractivity contribution in [2.75, 3.05) is 7.11 Å². The van der Waals surface area contributed by atoms with Crippen molar-refractivity contribution >= 4 is 12.0 Å². The van der Waals surface area contributed by atoms with Gasteiger partial charge in [0.05, 0.1) is 6.10 Å². The van der Waals surface area contributed by atoms with E-state index in [1.165, 1.54) is 0 Å². The number of carboxylic acid groups (broad SMARTS) is 1. The maximum atomic E-state index is 11.8. The Morgan fingerprint density at radius 1 is 1.33 bits per heavy atom. The van der Waals surface area contributed by atoms with Crippen LogP contribution in [0.1, 0.15) is 33.1 Å². The lowest BCUT2D eigenvalue weighted by Crippen LogP contribution is -2.64. The van der Waals surface area contributed by atoms with Crippen molar-refractivity contribution in [3.05, 3.63) is 0 Å². The third-order valence-corrected chi connectivity index (χ3v) is 4.28. The summed E-state index contributed by atoms with van der Waals surface area (Å²) in [6.45, 7) is 4.05. The summed E-state index contributed by atoms with van der Waals surface area (Å²) in [4.78, 5) is 22.7. The second-order valence-electron chi connectivity index (χ2n) is 5.82. The van der Waals surface area contributed by atoms with Gasteiger partial charge in [-0.1, -0.05) is 13.8 Å². The first-order valence-electron chi connectivity index (χ1n) is 6.17. The Morgan fingerprint density at radius 2 is 1.94 bits per heavy atom. The first-order valence-corrected chi connectivity index (χ1v) is 6.17. The monoisotopic (exact) mass is 256 g/mol. The zero-order valence-corrected chi connectivity index (χ0v) is 10.9. The lowest BCUT2D eigenvalue weighted by Gasteiger charge is -2.51. The lowest BCUT2D eigenvalue weighted by molar-refractivity contribution is -0.140. The molecule has 2 unspecified atom stereocenters. The molecule has 0 aliphatic heterocycles. The molecule has 2 amide bonds. The normalized spacial score (nSPS) is 31.1. The molecule has 0 heterocycles. The first kappa shape index (κ1) is 13.1. The number of hydrogen-bond donors (Lipinski definition) is 3. The van der Waals surface area contributed by atoms with E-state index in [4.69, 9.17) is 9.84 Å². The minimum absolute atomic E-state index is 0.0204. The fourth-order valence-electron chi connectivity index (χ4n) is 2.46. The van der Waals surface area contributed by atoms with Gasteiger partial charge in [0.25, 0.3) is 0 Å². The number of nitrogens with one attached hydrogen (secondary N) is 2. The molecule has 0 saturated heterocycles. The molecule has 18 heavy (non-hydrogen) atoms.